The topological polar surface area (TPSA) is 52.6 Å². The third-order valence-electron chi connectivity index (χ3n) is 4.43. The zero-order valence-electron chi connectivity index (χ0n) is 15.4. The molecule has 0 bridgehead atoms. The number of methoxy groups -OCH3 is 1. The number of rotatable bonds is 6. The summed E-state index contributed by atoms with van der Waals surface area (Å²) in [6.07, 6.45) is 0.743. The van der Waals surface area contributed by atoms with Crippen LogP contribution in [-0.4, -0.2) is 18.9 Å². The average molecular weight is 340 g/mol. The molecule has 2 rings (SSSR count). The fourth-order valence-corrected chi connectivity index (χ4v) is 2.79. The Bertz CT molecular complexity index is 806. The molecule has 0 heterocycles. The van der Waals surface area contributed by atoms with Crippen LogP contribution in [0.15, 0.2) is 30.3 Å². The summed E-state index contributed by atoms with van der Waals surface area (Å²) in [6.45, 7) is 8.32. The molecule has 0 N–H and O–H groups in total. The summed E-state index contributed by atoms with van der Waals surface area (Å²) in [5.74, 6) is -0.726. The van der Waals surface area contributed by atoms with Crippen LogP contribution in [0.3, 0.4) is 0 Å². The maximum Gasteiger partial charge on any atom is 0.379 e. The summed E-state index contributed by atoms with van der Waals surface area (Å²) in [7, 11) is 1.21. The second-order valence-corrected chi connectivity index (χ2v) is 6.11. The van der Waals surface area contributed by atoms with E-state index in [9.17, 15) is 9.59 Å². The molecule has 0 aliphatic heterocycles. The highest BCUT2D eigenvalue weighted by molar-refractivity contribution is 6.41. The monoisotopic (exact) mass is 340 g/mol. The van der Waals surface area contributed by atoms with E-state index >= 15 is 0 Å². The van der Waals surface area contributed by atoms with E-state index in [0.717, 1.165) is 34.4 Å². The van der Waals surface area contributed by atoms with E-state index < -0.39 is 11.8 Å². The lowest BCUT2D eigenvalue weighted by molar-refractivity contribution is -0.135. The van der Waals surface area contributed by atoms with Gasteiger partial charge >= 0.3 is 5.97 Å². The number of esters is 1. The Morgan fingerprint density at radius 3 is 2.32 bits per heavy atom. The molecule has 0 aliphatic rings. The first-order valence-corrected chi connectivity index (χ1v) is 8.33. The van der Waals surface area contributed by atoms with Crippen molar-refractivity contribution in [1.82, 2.24) is 0 Å². The lowest BCUT2D eigenvalue weighted by Crippen LogP contribution is -2.19. The zero-order chi connectivity index (χ0) is 18.6. The molecule has 0 aliphatic carbocycles. The molecule has 2 aromatic carbocycles. The van der Waals surface area contributed by atoms with Crippen molar-refractivity contribution < 1.29 is 19.1 Å². The Morgan fingerprint density at radius 2 is 1.68 bits per heavy atom. The lowest BCUT2D eigenvalue weighted by Gasteiger charge is -2.16. The van der Waals surface area contributed by atoms with Crippen molar-refractivity contribution >= 4 is 11.8 Å². The van der Waals surface area contributed by atoms with Gasteiger partial charge in [-0.05, 0) is 55.5 Å². The average Bonchev–Trinajstić information content (AvgIpc) is 2.61. The van der Waals surface area contributed by atoms with Crippen molar-refractivity contribution in [2.75, 3.05) is 7.11 Å². The normalized spacial score (nSPS) is 10.4. The SMILES string of the molecule is CCc1cccc(C(=O)C(=O)OC)c1COc1cc(C)c(C)cc1C. The molecule has 0 saturated carbocycles. The fourth-order valence-electron chi connectivity index (χ4n) is 2.79. The first-order chi connectivity index (χ1) is 11.9. The summed E-state index contributed by atoms with van der Waals surface area (Å²) in [5, 5.41) is 0. The first kappa shape index (κ1) is 18.7. The Morgan fingerprint density at radius 1 is 1.00 bits per heavy atom. The first-order valence-electron chi connectivity index (χ1n) is 8.33. The number of carbonyl (C=O) groups excluding carboxylic acids is 2. The number of ether oxygens (including phenoxy) is 2. The van der Waals surface area contributed by atoms with E-state index in [1.807, 2.05) is 32.9 Å². The second kappa shape index (κ2) is 7.97. The van der Waals surface area contributed by atoms with Gasteiger partial charge < -0.3 is 9.47 Å². The maximum atomic E-state index is 12.3. The van der Waals surface area contributed by atoms with Crippen molar-refractivity contribution in [2.24, 2.45) is 0 Å². The van der Waals surface area contributed by atoms with Crippen LogP contribution >= 0.6 is 0 Å². The maximum absolute atomic E-state index is 12.3. The third kappa shape index (κ3) is 4.08. The zero-order valence-corrected chi connectivity index (χ0v) is 15.4. The molecule has 0 saturated heterocycles. The Balaban J connectivity index is 2.37. The lowest BCUT2D eigenvalue weighted by atomic mass is 9.97. The molecule has 0 amide bonds. The second-order valence-electron chi connectivity index (χ2n) is 6.11. The van der Waals surface area contributed by atoms with Gasteiger partial charge in [0.05, 0.1) is 7.11 Å². The van der Waals surface area contributed by atoms with E-state index in [2.05, 4.69) is 17.7 Å². The number of carbonyl (C=O) groups is 2. The van der Waals surface area contributed by atoms with Crippen LogP contribution in [0.25, 0.3) is 0 Å². The van der Waals surface area contributed by atoms with Gasteiger partial charge in [0.25, 0.3) is 5.78 Å². The molecule has 0 unspecified atom stereocenters. The van der Waals surface area contributed by atoms with E-state index in [0.29, 0.717) is 5.56 Å². The number of ketones is 1. The molecular weight excluding hydrogens is 316 g/mol. The van der Waals surface area contributed by atoms with Crippen molar-refractivity contribution in [3.63, 3.8) is 0 Å². The molecule has 0 radical (unpaired) electrons. The standard InChI is InChI=1S/C21H24O4/c1-6-16-8-7-9-17(20(22)21(23)24-5)18(16)12-25-19-11-14(3)13(2)10-15(19)4/h7-11H,6,12H2,1-5H3. The van der Waals surface area contributed by atoms with Gasteiger partial charge in [0.15, 0.2) is 0 Å². The minimum Gasteiger partial charge on any atom is -0.489 e. The van der Waals surface area contributed by atoms with Crippen molar-refractivity contribution in [3.05, 3.63) is 63.7 Å². The predicted molar refractivity (Wildman–Crippen MR) is 97.2 cm³/mol. The van der Waals surface area contributed by atoms with Crippen molar-refractivity contribution in [3.8, 4) is 5.75 Å². The van der Waals surface area contributed by atoms with Crippen LogP contribution in [0, 0.1) is 20.8 Å². The molecule has 4 heteroatoms. The van der Waals surface area contributed by atoms with Gasteiger partial charge in [-0.1, -0.05) is 31.2 Å². The van der Waals surface area contributed by atoms with Gasteiger partial charge in [-0.15, -0.1) is 0 Å². The van der Waals surface area contributed by atoms with Crippen LogP contribution in [0.1, 0.15) is 45.1 Å². The highest BCUT2D eigenvalue weighted by atomic mass is 16.5. The number of hydrogen-bond donors (Lipinski definition) is 0. The summed E-state index contributed by atoms with van der Waals surface area (Å²) in [5.41, 5.74) is 5.45. The van der Waals surface area contributed by atoms with E-state index in [1.165, 1.54) is 12.7 Å². The largest absolute Gasteiger partial charge is 0.489 e. The van der Waals surface area contributed by atoms with Crippen LogP contribution in [0.4, 0.5) is 0 Å². The fraction of sp³-hybridized carbons (Fsp3) is 0.333. The predicted octanol–water partition coefficient (Wildman–Crippen LogP) is 4.11. The van der Waals surface area contributed by atoms with Gasteiger partial charge in [-0.2, -0.15) is 0 Å². The van der Waals surface area contributed by atoms with Gasteiger partial charge in [0, 0.05) is 11.1 Å². The molecule has 132 valence electrons. The Hall–Kier alpha value is -2.62. The molecule has 4 nitrogen and oxygen atoms in total. The number of aryl methyl sites for hydroxylation is 4. The minimum atomic E-state index is -0.864. The van der Waals surface area contributed by atoms with Crippen molar-refractivity contribution in [1.29, 1.82) is 0 Å². The molecule has 0 fully saturated rings. The highest BCUT2D eigenvalue weighted by Crippen LogP contribution is 2.25. The van der Waals surface area contributed by atoms with Crippen LogP contribution < -0.4 is 4.74 Å². The molecule has 25 heavy (non-hydrogen) atoms. The minimum absolute atomic E-state index is 0.228. The number of benzene rings is 2. The summed E-state index contributed by atoms with van der Waals surface area (Å²) >= 11 is 0. The molecule has 2 aromatic rings. The molecule has 0 spiro atoms. The van der Waals surface area contributed by atoms with Gasteiger partial charge in [0.2, 0.25) is 0 Å². The summed E-state index contributed by atoms with van der Waals surface area (Å²) in [6, 6.07) is 9.45. The number of Topliss-reactive ketones (excluding diaryl/α,β-unsaturated/α-hetero) is 1. The Labute approximate surface area is 148 Å². The van der Waals surface area contributed by atoms with Gasteiger partial charge in [0.1, 0.15) is 12.4 Å². The van der Waals surface area contributed by atoms with E-state index in [1.54, 1.807) is 12.1 Å². The summed E-state index contributed by atoms with van der Waals surface area (Å²) < 4.78 is 10.6. The smallest absolute Gasteiger partial charge is 0.379 e. The molecule has 0 atom stereocenters. The number of hydrogen-bond acceptors (Lipinski definition) is 4. The van der Waals surface area contributed by atoms with Gasteiger partial charge in [-0.25, -0.2) is 4.79 Å². The Kier molecular flexibility index (Phi) is 5.97. The van der Waals surface area contributed by atoms with Gasteiger partial charge in [-0.3, -0.25) is 4.79 Å². The quantitative estimate of drug-likeness (QED) is 0.451. The van der Waals surface area contributed by atoms with Crippen LogP contribution in [0.5, 0.6) is 5.75 Å². The summed E-state index contributed by atoms with van der Waals surface area (Å²) in [4.78, 5) is 24.0. The van der Waals surface area contributed by atoms with E-state index in [-0.39, 0.29) is 6.61 Å². The van der Waals surface area contributed by atoms with Crippen LogP contribution in [-0.2, 0) is 22.6 Å². The van der Waals surface area contributed by atoms with Crippen LogP contribution in [0.2, 0.25) is 0 Å². The highest BCUT2D eigenvalue weighted by Gasteiger charge is 2.22. The third-order valence-corrected chi connectivity index (χ3v) is 4.43. The molecular formula is C21H24O4. The molecule has 0 aromatic heterocycles. The van der Waals surface area contributed by atoms with E-state index in [4.69, 9.17) is 4.74 Å². The van der Waals surface area contributed by atoms with Crippen molar-refractivity contribution in [2.45, 2.75) is 40.7 Å².